The van der Waals surface area contributed by atoms with Crippen molar-refractivity contribution in [1.82, 2.24) is 0 Å². The first-order valence-electron chi connectivity index (χ1n) is 5.56. The molecular weight excluding hydrogens is 182 g/mol. The lowest BCUT2D eigenvalue weighted by Gasteiger charge is -2.12. The molecule has 0 aromatic heterocycles. The molecule has 0 heterocycles. The molecule has 0 saturated carbocycles. The molecule has 1 aromatic carbocycles. The third kappa shape index (κ3) is 4.08. The zero-order valence-corrected chi connectivity index (χ0v) is 9.59. The van der Waals surface area contributed by atoms with Crippen LogP contribution in [0.15, 0.2) is 24.3 Å². The van der Waals surface area contributed by atoms with Gasteiger partial charge in [-0.15, -0.1) is 6.42 Å². The van der Waals surface area contributed by atoms with E-state index in [1.807, 2.05) is 18.2 Å². The molecule has 0 radical (unpaired) electrons. The molecule has 1 rings (SSSR count). The summed E-state index contributed by atoms with van der Waals surface area (Å²) in [5, 5.41) is 3.41. The van der Waals surface area contributed by atoms with Crippen LogP contribution in [-0.4, -0.2) is 6.54 Å². The zero-order valence-electron chi connectivity index (χ0n) is 9.59. The highest BCUT2D eigenvalue weighted by Crippen LogP contribution is 2.12. The van der Waals surface area contributed by atoms with Crippen LogP contribution in [-0.2, 0) is 0 Å². The Kier molecular flexibility index (Phi) is 4.77. The summed E-state index contributed by atoms with van der Waals surface area (Å²) >= 11 is 0. The molecule has 1 N–H and O–H groups in total. The maximum absolute atomic E-state index is 5.34. The minimum Gasteiger partial charge on any atom is -0.385 e. The predicted molar refractivity (Wildman–Crippen MR) is 66.9 cm³/mol. The third-order valence-corrected chi connectivity index (χ3v) is 2.47. The van der Waals surface area contributed by atoms with Gasteiger partial charge in [0.15, 0.2) is 0 Å². The molecule has 15 heavy (non-hydrogen) atoms. The number of benzene rings is 1. The van der Waals surface area contributed by atoms with Crippen LogP contribution in [0.5, 0.6) is 0 Å². The number of terminal acetylenes is 1. The van der Waals surface area contributed by atoms with E-state index in [9.17, 15) is 0 Å². The summed E-state index contributed by atoms with van der Waals surface area (Å²) in [7, 11) is 0. The van der Waals surface area contributed by atoms with Crippen molar-refractivity contribution in [3.63, 3.8) is 0 Å². The van der Waals surface area contributed by atoms with Gasteiger partial charge in [-0.25, -0.2) is 0 Å². The summed E-state index contributed by atoms with van der Waals surface area (Å²) in [6.07, 6.45) is 7.85. The number of anilines is 1. The van der Waals surface area contributed by atoms with Gasteiger partial charge in [0, 0.05) is 17.8 Å². The van der Waals surface area contributed by atoms with E-state index in [2.05, 4.69) is 31.2 Å². The Morgan fingerprint density at radius 3 is 2.93 bits per heavy atom. The number of hydrogen-bond acceptors (Lipinski definition) is 1. The zero-order chi connectivity index (χ0) is 11.1. The molecule has 1 nitrogen and oxygen atoms in total. The second-order valence-electron chi connectivity index (χ2n) is 4.00. The lowest BCUT2D eigenvalue weighted by molar-refractivity contribution is 0.551. The van der Waals surface area contributed by atoms with E-state index in [0.717, 1.165) is 17.8 Å². The highest BCUT2D eigenvalue weighted by atomic mass is 14.9. The van der Waals surface area contributed by atoms with E-state index >= 15 is 0 Å². The van der Waals surface area contributed by atoms with Crippen molar-refractivity contribution in [2.24, 2.45) is 5.92 Å². The summed E-state index contributed by atoms with van der Waals surface area (Å²) in [6.45, 7) is 5.50. The smallest absolute Gasteiger partial charge is 0.0352 e. The lowest BCUT2D eigenvalue weighted by Crippen LogP contribution is -2.10. The van der Waals surface area contributed by atoms with Crippen molar-refractivity contribution < 1.29 is 0 Å². The van der Waals surface area contributed by atoms with Crippen molar-refractivity contribution in [3.8, 4) is 12.3 Å². The van der Waals surface area contributed by atoms with Crippen LogP contribution in [0.2, 0.25) is 0 Å². The van der Waals surface area contributed by atoms with Crippen LogP contribution in [0.25, 0.3) is 0 Å². The van der Waals surface area contributed by atoms with Gasteiger partial charge >= 0.3 is 0 Å². The first-order chi connectivity index (χ1) is 7.26. The molecule has 0 spiro atoms. The van der Waals surface area contributed by atoms with Gasteiger partial charge in [0.2, 0.25) is 0 Å². The van der Waals surface area contributed by atoms with Gasteiger partial charge in [-0.2, -0.15) is 0 Å². The van der Waals surface area contributed by atoms with Gasteiger partial charge in [-0.05, 0) is 30.5 Å². The van der Waals surface area contributed by atoms with Gasteiger partial charge in [0.1, 0.15) is 0 Å². The molecule has 1 unspecified atom stereocenters. The van der Waals surface area contributed by atoms with Gasteiger partial charge in [0.25, 0.3) is 0 Å². The topological polar surface area (TPSA) is 12.0 Å². The summed E-state index contributed by atoms with van der Waals surface area (Å²) in [5.41, 5.74) is 2.05. The average Bonchev–Trinajstić information content (AvgIpc) is 2.27. The molecule has 0 aliphatic carbocycles. The Morgan fingerprint density at radius 2 is 2.27 bits per heavy atom. The molecule has 0 aliphatic heterocycles. The largest absolute Gasteiger partial charge is 0.385 e. The molecule has 0 saturated heterocycles. The summed E-state index contributed by atoms with van der Waals surface area (Å²) in [5.74, 6) is 3.35. The van der Waals surface area contributed by atoms with Gasteiger partial charge in [0.05, 0.1) is 0 Å². The highest BCUT2D eigenvalue weighted by Gasteiger charge is 2.00. The van der Waals surface area contributed by atoms with Crippen LogP contribution < -0.4 is 5.32 Å². The molecule has 1 aromatic rings. The molecule has 1 atom stereocenters. The fourth-order valence-corrected chi connectivity index (χ4v) is 1.61. The Bertz CT molecular complexity index is 335. The fraction of sp³-hybridized carbons (Fsp3) is 0.429. The summed E-state index contributed by atoms with van der Waals surface area (Å²) in [6, 6.07) is 8.00. The van der Waals surface area contributed by atoms with E-state index in [1.165, 1.54) is 12.8 Å². The van der Waals surface area contributed by atoms with Crippen molar-refractivity contribution in [2.75, 3.05) is 11.9 Å². The Labute approximate surface area is 92.9 Å². The number of nitrogens with one attached hydrogen (secondary N) is 1. The van der Waals surface area contributed by atoms with E-state index in [0.29, 0.717) is 5.92 Å². The summed E-state index contributed by atoms with van der Waals surface area (Å²) in [4.78, 5) is 0. The molecule has 80 valence electrons. The van der Waals surface area contributed by atoms with E-state index < -0.39 is 0 Å². The predicted octanol–water partition coefficient (Wildman–Crippen LogP) is 3.52. The van der Waals surface area contributed by atoms with Crippen LogP contribution >= 0.6 is 0 Å². The van der Waals surface area contributed by atoms with Gasteiger partial charge in [-0.1, -0.05) is 32.3 Å². The minimum atomic E-state index is 0.712. The minimum absolute atomic E-state index is 0.712. The monoisotopic (exact) mass is 201 g/mol. The van der Waals surface area contributed by atoms with E-state index in [-0.39, 0.29) is 0 Å². The first kappa shape index (κ1) is 11.7. The van der Waals surface area contributed by atoms with Crippen LogP contribution in [0.1, 0.15) is 32.3 Å². The molecule has 0 aliphatic rings. The second-order valence-corrected chi connectivity index (χ2v) is 4.00. The second kappa shape index (κ2) is 6.14. The van der Waals surface area contributed by atoms with Crippen LogP contribution in [0, 0.1) is 18.3 Å². The van der Waals surface area contributed by atoms with E-state index in [1.54, 1.807) is 0 Å². The maximum Gasteiger partial charge on any atom is 0.0352 e. The number of hydrogen-bond donors (Lipinski definition) is 1. The van der Waals surface area contributed by atoms with Crippen molar-refractivity contribution in [1.29, 1.82) is 0 Å². The average molecular weight is 201 g/mol. The van der Waals surface area contributed by atoms with Gasteiger partial charge in [-0.3, -0.25) is 0 Å². The Balaban J connectivity index is 2.47. The third-order valence-electron chi connectivity index (χ3n) is 2.47. The standard InChI is InChI=1S/C14H19N/c1-4-7-12(3)11-15-14-9-6-8-13(5-2)10-14/h2,6,8-10,12,15H,4,7,11H2,1,3H3. The SMILES string of the molecule is C#Cc1cccc(NCC(C)CCC)c1. The summed E-state index contributed by atoms with van der Waals surface area (Å²) < 4.78 is 0. The molecule has 0 amide bonds. The number of rotatable bonds is 5. The van der Waals surface area contributed by atoms with Crippen LogP contribution in [0.3, 0.4) is 0 Å². The van der Waals surface area contributed by atoms with Crippen LogP contribution in [0.4, 0.5) is 5.69 Å². The molecule has 1 heteroatoms. The quantitative estimate of drug-likeness (QED) is 0.719. The highest BCUT2D eigenvalue weighted by molar-refractivity contribution is 5.49. The van der Waals surface area contributed by atoms with Crippen molar-refractivity contribution >= 4 is 5.69 Å². The lowest BCUT2D eigenvalue weighted by atomic mass is 10.1. The molecule has 0 bridgehead atoms. The molecular formula is C14H19N. The van der Waals surface area contributed by atoms with Gasteiger partial charge < -0.3 is 5.32 Å². The van der Waals surface area contributed by atoms with Crippen molar-refractivity contribution in [2.45, 2.75) is 26.7 Å². The maximum atomic E-state index is 5.34. The van der Waals surface area contributed by atoms with E-state index in [4.69, 9.17) is 6.42 Å². The van der Waals surface area contributed by atoms with Crippen molar-refractivity contribution in [3.05, 3.63) is 29.8 Å². The molecule has 0 fully saturated rings. The first-order valence-corrected chi connectivity index (χ1v) is 5.56. The normalized spacial score (nSPS) is 11.8. The Hall–Kier alpha value is -1.42. The Morgan fingerprint density at radius 1 is 1.47 bits per heavy atom. The fourth-order valence-electron chi connectivity index (χ4n) is 1.61.